The number of hydrogen-bond acceptors (Lipinski definition) is 4. The number of rotatable bonds is 5. The van der Waals surface area contributed by atoms with Crippen molar-refractivity contribution in [2.24, 2.45) is 11.8 Å². The van der Waals surface area contributed by atoms with Crippen molar-refractivity contribution in [1.29, 1.82) is 0 Å². The van der Waals surface area contributed by atoms with Crippen LogP contribution in [0.1, 0.15) is 13.8 Å². The summed E-state index contributed by atoms with van der Waals surface area (Å²) in [6.45, 7) is 2.44. The Bertz CT molecular complexity index is 708. The van der Waals surface area contributed by atoms with Gasteiger partial charge in [-0.3, -0.25) is 4.79 Å². The van der Waals surface area contributed by atoms with E-state index in [9.17, 15) is 22.8 Å². The lowest BCUT2D eigenvalue weighted by Crippen LogP contribution is -2.35. The zero-order valence-electron chi connectivity index (χ0n) is 15.0. The molecule has 0 aromatic heterocycles. The molecule has 2 atom stereocenters. The minimum Gasteiger partial charge on any atom is -0.493 e. The van der Waals surface area contributed by atoms with Crippen LogP contribution in [0.2, 0.25) is 0 Å². The second-order valence-corrected chi connectivity index (χ2v) is 6.46. The number of nitrogens with zero attached hydrogens (tertiary/aromatic N) is 1. The third kappa shape index (κ3) is 4.95. The Morgan fingerprint density at radius 3 is 2.41 bits per heavy atom. The van der Waals surface area contributed by atoms with Crippen LogP contribution in [0.5, 0.6) is 11.5 Å². The van der Waals surface area contributed by atoms with Crippen LogP contribution in [0.3, 0.4) is 0 Å². The van der Waals surface area contributed by atoms with Gasteiger partial charge in [-0.1, -0.05) is 0 Å². The smallest absolute Gasteiger partial charge is 0.394 e. The van der Waals surface area contributed by atoms with Crippen molar-refractivity contribution in [2.45, 2.75) is 26.1 Å². The van der Waals surface area contributed by atoms with Crippen LogP contribution >= 0.6 is 0 Å². The number of amides is 2. The summed E-state index contributed by atoms with van der Waals surface area (Å²) >= 11 is 0. The zero-order valence-corrected chi connectivity index (χ0v) is 15.0. The SMILES string of the molecule is COc1cc(NC(=O)N2C[C@@H](C(F)(F)F)[C@H](C(=O)O)C2)ccc1OC(C)C. The average Bonchev–Trinajstić information content (AvgIpc) is 3.02. The van der Waals surface area contributed by atoms with Gasteiger partial charge in [0.1, 0.15) is 0 Å². The molecular weight excluding hydrogens is 369 g/mol. The van der Waals surface area contributed by atoms with Crippen molar-refractivity contribution in [3.63, 3.8) is 0 Å². The Hall–Kier alpha value is -2.65. The molecule has 10 heteroatoms. The van der Waals surface area contributed by atoms with E-state index >= 15 is 0 Å². The number of alkyl halides is 3. The van der Waals surface area contributed by atoms with Gasteiger partial charge in [-0.2, -0.15) is 13.2 Å². The summed E-state index contributed by atoms with van der Waals surface area (Å²) in [6, 6.07) is 3.75. The van der Waals surface area contributed by atoms with Gasteiger partial charge < -0.3 is 24.8 Å². The van der Waals surface area contributed by atoms with E-state index in [-0.39, 0.29) is 11.8 Å². The molecule has 0 unspecified atom stereocenters. The van der Waals surface area contributed by atoms with Crippen molar-refractivity contribution in [3.8, 4) is 11.5 Å². The summed E-state index contributed by atoms with van der Waals surface area (Å²) in [5, 5.41) is 11.5. The first-order valence-corrected chi connectivity index (χ1v) is 8.23. The quantitative estimate of drug-likeness (QED) is 0.806. The molecule has 1 aromatic rings. The molecule has 150 valence electrons. The van der Waals surface area contributed by atoms with Gasteiger partial charge in [-0.15, -0.1) is 0 Å². The first-order valence-electron chi connectivity index (χ1n) is 8.23. The highest BCUT2D eigenvalue weighted by atomic mass is 19.4. The highest BCUT2D eigenvalue weighted by molar-refractivity contribution is 5.90. The molecule has 7 nitrogen and oxygen atoms in total. The number of aliphatic carboxylic acids is 1. The number of carboxylic acids is 1. The summed E-state index contributed by atoms with van der Waals surface area (Å²) in [6.07, 6.45) is -4.80. The van der Waals surface area contributed by atoms with Gasteiger partial charge >= 0.3 is 18.2 Å². The van der Waals surface area contributed by atoms with Crippen LogP contribution in [-0.4, -0.2) is 54.5 Å². The van der Waals surface area contributed by atoms with Crippen LogP contribution in [0, 0.1) is 11.8 Å². The molecule has 1 heterocycles. The predicted molar refractivity (Wildman–Crippen MR) is 90.0 cm³/mol. The monoisotopic (exact) mass is 390 g/mol. The highest BCUT2D eigenvalue weighted by Gasteiger charge is 2.53. The second kappa shape index (κ2) is 7.93. The highest BCUT2D eigenvalue weighted by Crippen LogP contribution is 2.38. The molecule has 0 saturated carbocycles. The first-order chi connectivity index (χ1) is 12.5. The van der Waals surface area contributed by atoms with E-state index in [1.54, 1.807) is 6.07 Å². The van der Waals surface area contributed by atoms with Crippen LogP contribution < -0.4 is 14.8 Å². The van der Waals surface area contributed by atoms with E-state index in [4.69, 9.17) is 14.6 Å². The molecule has 0 bridgehead atoms. The third-order valence-corrected chi connectivity index (χ3v) is 4.12. The Morgan fingerprint density at radius 2 is 1.93 bits per heavy atom. The van der Waals surface area contributed by atoms with Gasteiger partial charge in [0.25, 0.3) is 0 Å². The molecule has 27 heavy (non-hydrogen) atoms. The number of urea groups is 1. The fourth-order valence-electron chi connectivity index (χ4n) is 2.85. The number of carboxylic acid groups (broad SMARTS) is 1. The standard InChI is InChI=1S/C17H21F3N2O5/c1-9(2)27-13-5-4-10(6-14(13)26-3)21-16(25)22-7-11(15(23)24)12(8-22)17(18,19)20/h4-6,9,11-12H,7-8H2,1-3H3,(H,21,25)(H,23,24)/t11-,12-/m1/s1. The van der Waals surface area contributed by atoms with Crippen LogP contribution in [0.15, 0.2) is 18.2 Å². The summed E-state index contributed by atoms with van der Waals surface area (Å²) in [7, 11) is 1.42. The Labute approximate surface area is 154 Å². The molecule has 1 saturated heterocycles. The van der Waals surface area contributed by atoms with Gasteiger partial charge in [-0.05, 0) is 26.0 Å². The van der Waals surface area contributed by atoms with Crippen molar-refractivity contribution in [1.82, 2.24) is 4.90 Å². The molecule has 1 aromatic carbocycles. The van der Waals surface area contributed by atoms with Crippen molar-refractivity contribution >= 4 is 17.7 Å². The normalized spacial score (nSPS) is 19.9. The predicted octanol–water partition coefficient (Wildman–Crippen LogP) is 3.21. The van der Waals surface area contributed by atoms with Crippen molar-refractivity contribution < 1.29 is 37.3 Å². The van der Waals surface area contributed by atoms with Gasteiger partial charge in [0.2, 0.25) is 0 Å². The number of likely N-dealkylation sites (tertiary alicyclic amines) is 1. The summed E-state index contributed by atoms with van der Waals surface area (Å²) < 4.78 is 49.8. The fourth-order valence-corrected chi connectivity index (χ4v) is 2.85. The molecule has 2 rings (SSSR count). The number of ether oxygens (including phenoxy) is 2. The summed E-state index contributed by atoms with van der Waals surface area (Å²) in [4.78, 5) is 24.3. The lowest BCUT2D eigenvalue weighted by molar-refractivity contribution is -0.187. The third-order valence-electron chi connectivity index (χ3n) is 4.12. The molecule has 0 radical (unpaired) electrons. The van der Waals surface area contributed by atoms with Crippen molar-refractivity contribution in [2.75, 3.05) is 25.5 Å². The maximum atomic E-state index is 13.0. The molecular formula is C17H21F3N2O5. The van der Waals surface area contributed by atoms with E-state index in [1.165, 1.54) is 19.2 Å². The minimum absolute atomic E-state index is 0.101. The number of nitrogens with one attached hydrogen (secondary N) is 1. The molecule has 1 aliphatic heterocycles. The largest absolute Gasteiger partial charge is 0.493 e. The van der Waals surface area contributed by atoms with Crippen molar-refractivity contribution in [3.05, 3.63) is 18.2 Å². The number of carbonyl (C=O) groups excluding carboxylic acids is 1. The average molecular weight is 390 g/mol. The number of carbonyl (C=O) groups is 2. The van der Waals surface area contributed by atoms with E-state index in [0.29, 0.717) is 11.5 Å². The maximum Gasteiger partial charge on any atom is 0.394 e. The van der Waals surface area contributed by atoms with Gasteiger partial charge in [0.05, 0.1) is 25.0 Å². The Kier molecular flexibility index (Phi) is 6.07. The molecule has 2 amide bonds. The molecule has 0 aliphatic carbocycles. The molecule has 1 aliphatic rings. The summed E-state index contributed by atoms with van der Waals surface area (Å²) in [5.41, 5.74) is 0.287. The zero-order chi connectivity index (χ0) is 20.4. The molecule has 1 fully saturated rings. The maximum absolute atomic E-state index is 13.0. The van der Waals surface area contributed by atoms with Gasteiger partial charge in [-0.25, -0.2) is 4.79 Å². The first kappa shape index (κ1) is 20.7. The molecule has 2 N–H and O–H groups in total. The van der Waals surface area contributed by atoms with Crippen LogP contribution in [-0.2, 0) is 4.79 Å². The minimum atomic E-state index is -4.70. The number of methoxy groups -OCH3 is 1. The topological polar surface area (TPSA) is 88.1 Å². The Morgan fingerprint density at radius 1 is 1.26 bits per heavy atom. The number of benzene rings is 1. The lowest BCUT2D eigenvalue weighted by Gasteiger charge is -2.19. The number of hydrogen-bond donors (Lipinski definition) is 2. The van der Waals surface area contributed by atoms with E-state index in [0.717, 1.165) is 4.90 Å². The van der Waals surface area contributed by atoms with E-state index in [1.807, 2.05) is 13.8 Å². The van der Waals surface area contributed by atoms with E-state index < -0.39 is 43.1 Å². The van der Waals surface area contributed by atoms with Crippen LogP contribution in [0.4, 0.5) is 23.7 Å². The summed E-state index contributed by atoms with van der Waals surface area (Å²) in [5.74, 6) is -4.57. The van der Waals surface area contributed by atoms with Gasteiger partial charge in [0, 0.05) is 24.8 Å². The number of anilines is 1. The molecule has 0 spiro atoms. The lowest BCUT2D eigenvalue weighted by atomic mass is 9.96. The van der Waals surface area contributed by atoms with E-state index in [2.05, 4.69) is 5.32 Å². The second-order valence-electron chi connectivity index (χ2n) is 6.46. The Balaban J connectivity index is 2.12. The van der Waals surface area contributed by atoms with Crippen LogP contribution in [0.25, 0.3) is 0 Å². The van der Waals surface area contributed by atoms with Gasteiger partial charge in [0.15, 0.2) is 11.5 Å². The fraction of sp³-hybridized carbons (Fsp3) is 0.529. The number of halogens is 3.